The van der Waals surface area contributed by atoms with Gasteiger partial charge in [-0.15, -0.1) is 11.3 Å². The molecule has 0 aromatic carbocycles. The zero-order valence-electron chi connectivity index (χ0n) is 5.23. The first-order valence-electron chi connectivity index (χ1n) is 2.67. The van der Waals surface area contributed by atoms with Crippen LogP contribution in [0.5, 0.6) is 0 Å². The van der Waals surface area contributed by atoms with E-state index in [0.29, 0.717) is 0 Å². The molecule has 0 saturated carbocycles. The predicted octanol–water partition coefficient (Wildman–Crippen LogP) is 2.20. The molecule has 2 aromatic heterocycles. The SMILES string of the molecule is Cc1noc2sccc12.[Pt]. The zero-order chi connectivity index (χ0) is 6.27. The fraction of sp³-hybridized carbons (Fsp3) is 0.167. The number of nitrogens with zero attached hydrogens (tertiary/aromatic N) is 1. The Morgan fingerprint density at radius 3 is 3.10 bits per heavy atom. The Hall–Kier alpha value is -0.142. The van der Waals surface area contributed by atoms with E-state index in [2.05, 4.69) is 5.16 Å². The van der Waals surface area contributed by atoms with Crippen LogP contribution in [-0.4, -0.2) is 5.16 Å². The molecule has 0 unspecified atom stereocenters. The minimum absolute atomic E-state index is 0. The molecular formula is C6H5NOPtS. The first-order chi connectivity index (χ1) is 4.38. The van der Waals surface area contributed by atoms with E-state index in [1.54, 1.807) is 11.3 Å². The van der Waals surface area contributed by atoms with Crippen LogP contribution in [0, 0.1) is 6.92 Å². The largest absolute Gasteiger partial charge is 0.345 e. The summed E-state index contributed by atoms with van der Waals surface area (Å²) in [5.74, 6) is 0. The van der Waals surface area contributed by atoms with Gasteiger partial charge in [-0.3, -0.25) is 0 Å². The van der Waals surface area contributed by atoms with Gasteiger partial charge in [-0.25, -0.2) is 0 Å². The van der Waals surface area contributed by atoms with Crippen molar-refractivity contribution < 1.29 is 25.6 Å². The van der Waals surface area contributed by atoms with Crippen molar-refractivity contribution in [2.45, 2.75) is 6.92 Å². The third-order valence-electron chi connectivity index (χ3n) is 1.28. The molecule has 2 rings (SSSR count). The van der Waals surface area contributed by atoms with Crippen molar-refractivity contribution in [1.29, 1.82) is 0 Å². The Kier molecular flexibility index (Phi) is 2.27. The molecule has 0 spiro atoms. The van der Waals surface area contributed by atoms with Crippen molar-refractivity contribution in [1.82, 2.24) is 5.16 Å². The first kappa shape index (κ1) is 7.96. The van der Waals surface area contributed by atoms with Crippen LogP contribution >= 0.6 is 11.3 Å². The monoisotopic (exact) mass is 334 g/mol. The van der Waals surface area contributed by atoms with Crippen molar-refractivity contribution in [3.8, 4) is 0 Å². The average molecular weight is 334 g/mol. The quantitative estimate of drug-likeness (QED) is 0.738. The molecule has 0 aliphatic heterocycles. The fourth-order valence-corrected chi connectivity index (χ4v) is 1.54. The molecule has 2 aromatic rings. The van der Waals surface area contributed by atoms with Gasteiger partial charge in [0.2, 0.25) is 4.90 Å². The Labute approximate surface area is 76.5 Å². The van der Waals surface area contributed by atoms with Crippen molar-refractivity contribution in [3.05, 3.63) is 17.1 Å². The molecule has 0 aliphatic carbocycles. The number of hydrogen-bond acceptors (Lipinski definition) is 3. The van der Waals surface area contributed by atoms with Gasteiger partial charge in [0, 0.05) is 21.1 Å². The summed E-state index contributed by atoms with van der Waals surface area (Å²) >= 11 is 1.58. The summed E-state index contributed by atoms with van der Waals surface area (Å²) < 4.78 is 4.96. The molecule has 4 heteroatoms. The van der Waals surface area contributed by atoms with Crippen LogP contribution in [0.25, 0.3) is 10.3 Å². The van der Waals surface area contributed by atoms with E-state index < -0.39 is 0 Å². The van der Waals surface area contributed by atoms with E-state index in [1.165, 1.54) is 0 Å². The Morgan fingerprint density at radius 1 is 1.60 bits per heavy atom. The normalized spacial score (nSPS) is 9.70. The third kappa shape index (κ3) is 1.04. The summed E-state index contributed by atoms with van der Waals surface area (Å²) in [6.07, 6.45) is 0. The van der Waals surface area contributed by atoms with E-state index in [9.17, 15) is 0 Å². The summed E-state index contributed by atoms with van der Waals surface area (Å²) in [6.45, 7) is 1.94. The minimum Gasteiger partial charge on any atom is -0.345 e. The maximum absolute atomic E-state index is 4.96. The van der Waals surface area contributed by atoms with Crippen LogP contribution in [-0.2, 0) is 21.1 Å². The minimum atomic E-state index is 0. The van der Waals surface area contributed by atoms with E-state index in [1.807, 2.05) is 18.4 Å². The number of aryl methyl sites for hydroxylation is 1. The standard InChI is InChI=1S/C6H5NOS.Pt/c1-4-5-2-3-9-6(5)8-7-4;/h2-3H,1H3;. The van der Waals surface area contributed by atoms with Crippen molar-refractivity contribution in [2.75, 3.05) is 0 Å². The van der Waals surface area contributed by atoms with Gasteiger partial charge < -0.3 is 4.52 Å². The van der Waals surface area contributed by atoms with Gasteiger partial charge in [-0.2, -0.15) is 0 Å². The summed E-state index contributed by atoms with van der Waals surface area (Å²) in [5.41, 5.74) is 0.978. The molecule has 0 atom stereocenters. The molecule has 0 amide bonds. The molecule has 56 valence electrons. The summed E-state index contributed by atoms with van der Waals surface area (Å²) in [4.78, 5) is 0.924. The van der Waals surface area contributed by atoms with Gasteiger partial charge in [-0.1, -0.05) is 5.16 Å². The van der Waals surface area contributed by atoms with Crippen LogP contribution < -0.4 is 0 Å². The Balaban J connectivity index is 0.000000500. The summed E-state index contributed by atoms with van der Waals surface area (Å²) in [6, 6.07) is 2.02. The number of rotatable bonds is 0. The topological polar surface area (TPSA) is 26.0 Å². The van der Waals surface area contributed by atoms with Gasteiger partial charge in [0.15, 0.2) is 0 Å². The maximum Gasteiger partial charge on any atom is 0.220 e. The van der Waals surface area contributed by atoms with Crippen LogP contribution in [0.4, 0.5) is 0 Å². The third-order valence-corrected chi connectivity index (χ3v) is 2.07. The van der Waals surface area contributed by atoms with E-state index in [-0.39, 0.29) is 21.1 Å². The van der Waals surface area contributed by atoms with Crippen LogP contribution in [0.3, 0.4) is 0 Å². The number of aromatic nitrogens is 1. The van der Waals surface area contributed by atoms with Gasteiger partial charge in [0.25, 0.3) is 0 Å². The van der Waals surface area contributed by atoms with Crippen molar-refractivity contribution in [3.63, 3.8) is 0 Å². The molecule has 2 heterocycles. The molecule has 0 saturated heterocycles. The average Bonchev–Trinajstić information content (AvgIpc) is 2.35. The first-order valence-corrected chi connectivity index (χ1v) is 3.55. The molecule has 10 heavy (non-hydrogen) atoms. The Morgan fingerprint density at radius 2 is 2.40 bits per heavy atom. The molecule has 0 fully saturated rings. The van der Waals surface area contributed by atoms with E-state index in [0.717, 1.165) is 16.0 Å². The number of fused-ring (bicyclic) bond motifs is 1. The smallest absolute Gasteiger partial charge is 0.220 e. The van der Waals surface area contributed by atoms with E-state index >= 15 is 0 Å². The van der Waals surface area contributed by atoms with Crippen molar-refractivity contribution in [2.24, 2.45) is 0 Å². The molecule has 0 N–H and O–H groups in total. The summed E-state index contributed by atoms with van der Waals surface area (Å²) in [5, 5.41) is 6.93. The van der Waals surface area contributed by atoms with Gasteiger partial charge in [-0.05, 0) is 18.4 Å². The maximum atomic E-state index is 4.96. The second-order valence-corrected chi connectivity index (χ2v) is 2.77. The van der Waals surface area contributed by atoms with Crippen LogP contribution in [0.2, 0.25) is 0 Å². The van der Waals surface area contributed by atoms with Gasteiger partial charge in [0.05, 0.1) is 11.1 Å². The number of hydrogen-bond donors (Lipinski definition) is 0. The number of thiophene rings is 1. The van der Waals surface area contributed by atoms with E-state index in [4.69, 9.17) is 4.52 Å². The van der Waals surface area contributed by atoms with Gasteiger partial charge in [0.1, 0.15) is 0 Å². The molecular weight excluding hydrogens is 329 g/mol. The molecule has 0 bridgehead atoms. The fourth-order valence-electron chi connectivity index (χ4n) is 0.793. The second kappa shape index (κ2) is 2.85. The van der Waals surface area contributed by atoms with Crippen LogP contribution in [0.15, 0.2) is 16.0 Å². The Bertz CT molecular complexity index is 327. The van der Waals surface area contributed by atoms with Gasteiger partial charge >= 0.3 is 0 Å². The molecule has 0 aliphatic rings. The second-order valence-electron chi connectivity index (χ2n) is 1.89. The molecule has 0 radical (unpaired) electrons. The van der Waals surface area contributed by atoms with Crippen molar-refractivity contribution >= 4 is 21.6 Å². The zero-order valence-corrected chi connectivity index (χ0v) is 8.32. The summed E-state index contributed by atoms with van der Waals surface area (Å²) in [7, 11) is 0. The molecule has 2 nitrogen and oxygen atoms in total. The van der Waals surface area contributed by atoms with Crippen LogP contribution in [0.1, 0.15) is 5.69 Å². The predicted molar refractivity (Wildman–Crippen MR) is 36.6 cm³/mol.